The molecular formula is C54H99NO10. The fourth-order valence-electron chi connectivity index (χ4n) is 8.19. The van der Waals surface area contributed by atoms with Crippen LogP contribution in [0.25, 0.3) is 0 Å². The number of rotatable bonds is 44. The van der Waals surface area contributed by atoms with Crippen LogP contribution in [-0.2, 0) is 14.3 Å². The molecule has 1 rings (SSSR count). The monoisotopic (exact) mass is 922 g/mol. The highest BCUT2D eigenvalue weighted by atomic mass is 16.7. The first-order valence-electron chi connectivity index (χ1n) is 26.5. The number of hydrogen-bond acceptors (Lipinski definition) is 10. The normalized spacial score (nSPS) is 21.3. The van der Waals surface area contributed by atoms with Gasteiger partial charge in [0.1, 0.15) is 36.6 Å². The highest BCUT2D eigenvalue weighted by Gasteiger charge is 2.44. The first-order chi connectivity index (χ1) is 31.7. The van der Waals surface area contributed by atoms with Crippen LogP contribution in [0.3, 0.4) is 0 Å². The van der Waals surface area contributed by atoms with Crippen molar-refractivity contribution in [2.24, 2.45) is 0 Å². The lowest BCUT2D eigenvalue weighted by Crippen LogP contribution is -2.60. The summed E-state index contributed by atoms with van der Waals surface area (Å²) in [5, 5.41) is 75.8. The fourth-order valence-corrected chi connectivity index (χ4v) is 8.19. The van der Waals surface area contributed by atoms with Crippen molar-refractivity contribution in [3.8, 4) is 0 Å². The zero-order valence-corrected chi connectivity index (χ0v) is 41.2. The second-order valence-corrected chi connectivity index (χ2v) is 18.6. The standard InChI is InChI=1S/C54H99NO10/c1-3-5-7-9-11-13-15-17-19-20-21-22-23-24-25-26-27-28-30-32-34-36-38-40-42-47(58)53(63)55-45(44-64-54-52(62)51(61)50(60)48(43-56)65-54)49(59)46(57)41-39-37-35-33-31-29-18-16-14-12-10-8-6-4-2/h16,18,21-22,24-25,33,35,45-52,54,56-62H,3-15,17,19-20,23,26-32,34,36-44H2,1-2H3,(H,55,63)/b18-16+,22-21-,25-24-,35-33+. The summed E-state index contributed by atoms with van der Waals surface area (Å²) in [5.41, 5.74) is 0. The molecule has 0 spiro atoms. The first-order valence-corrected chi connectivity index (χ1v) is 26.5. The van der Waals surface area contributed by atoms with Crippen LogP contribution in [0.2, 0.25) is 0 Å². The van der Waals surface area contributed by atoms with Gasteiger partial charge in [-0.1, -0.05) is 184 Å². The zero-order valence-electron chi connectivity index (χ0n) is 41.2. The van der Waals surface area contributed by atoms with E-state index in [2.05, 4.69) is 67.8 Å². The van der Waals surface area contributed by atoms with Gasteiger partial charge in [-0.2, -0.15) is 0 Å². The summed E-state index contributed by atoms with van der Waals surface area (Å²) < 4.78 is 11.1. The number of ether oxygens (including phenoxy) is 2. The molecule has 65 heavy (non-hydrogen) atoms. The van der Waals surface area contributed by atoms with Crippen LogP contribution < -0.4 is 5.32 Å². The van der Waals surface area contributed by atoms with Gasteiger partial charge < -0.3 is 50.5 Å². The number of unbranched alkanes of at least 4 members (excludes halogenated alkanes) is 24. The first kappa shape index (κ1) is 61.1. The Labute approximate surface area is 396 Å². The molecule has 11 heteroatoms. The molecule has 1 amide bonds. The summed E-state index contributed by atoms with van der Waals surface area (Å²) in [6, 6.07) is -1.19. The van der Waals surface area contributed by atoms with Crippen molar-refractivity contribution in [2.45, 2.75) is 274 Å². The van der Waals surface area contributed by atoms with E-state index in [0.29, 0.717) is 19.3 Å². The summed E-state index contributed by atoms with van der Waals surface area (Å²) >= 11 is 0. The Kier molecular flexibility index (Phi) is 40.7. The van der Waals surface area contributed by atoms with E-state index in [1.165, 1.54) is 116 Å². The van der Waals surface area contributed by atoms with E-state index in [0.717, 1.165) is 57.8 Å². The Bertz CT molecular complexity index is 1190. The van der Waals surface area contributed by atoms with E-state index >= 15 is 0 Å². The van der Waals surface area contributed by atoms with Crippen molar-refractivity contribution in [2.75, 3.05) is 13.2 Å². The third-order valence-corrected chi connectivity index (χ3v) is 12.6. The number of aliphatic hydroxyl groups excluding tert-OH is 7. The van der Waals surface area contributed by atoms with Gasteiger partial charge in [0.25, 0.3) is 0 Å². The van der Waals surface area contributed by atoms with Gasteiger partial charge in [0, 0.05) is 0 Å². The number of amides is 1. The van der Waals surface area contributed by atoms with Gasteiger partial charge >= 0.3 is 0 Å². The minimum Gasteiger partial charge on any atom is -0.394 e. The lowest BCUT2D eigenvalue weighted by atomic mass is 9.98. The molecule has 0 radical (unpaired) electrons. The van der Waals surface area contributed by atoms with Crippen molar-refractivity contribution >= 4 is 5.91 Å². The topological polar surface area (TPSA) is 189 Å². The molecule has 1 fully saturated rings. The van der Waals surface area contributed by atoms with Gasteiger partial charge in [0.15, 0.2) is 6.29 Å². The molecular weight excluding hydrogens is 823 g/mol. The van der Waals surface area contributed by atoms with Crippen LogP contribution in [0.4, 0.5) is 0 Å². The fraction of sp³-hybridized carbons (Fsp3) is 0.833. The van der Waals surface area contributed by atoms with Crippen molar-refractivity contribution < 1.29 is 50.0 Å². The molecule has 9 unspecified atom stereocenters. The van der Waals surface area contributed by atoms with Crippen molar-refractivity contribution in [1.29, 1.82) is 0 Å². The van der Waals surface area contributed by atoms with Crippen molar-refractivity contribution in [3.05, 3.63) is 48.6 Å². The number of nitrogens with one attached hydrogen (secondary N) is 1. The summed E-state index contributed by atoms with van der Waals surface area (Å²) in [4.78, 5) is 13.1. The van der Waals surface area contributed by atoms with Crippen LogP contribution in [0, 0.1) is 0 Å². The molecule has 0 saturated carbocycles. The number of carbonyl (C=O) groups excluding carboxylic acids is 1. The minimum absolute atomic E-state index is 0.243. The average Bonchev–Trinajstić information content (AvgIpc) is 3.31. The Morgan fingerprint density at radius 2 is 0.969 bits per heavy atom. The molecule has 380 valence electrons. The minimum atomic E-state index is -1.67. The molecule has 11 nitrogen and oxygen atoms in total. The molecule has 0 bridgehead atoms. The van der Waals surface area contributed by atoms with Crippen LogP contribution in [0.5, 0.6) is 0 Å². The smallest absolute Gasteiger partial charge is 0.249 e. The van der Waals surface area contributed by atoms with E-state index in [1.807, 2.05) is 0 Å². The molecule has 1 aliphatic heterocycles. The second-order valence-electron chi connectivity index (χ2n) is 18.6. The second kappa shape index (κ2) is 43.4. The van der Waals surface area contributed by atoms with Gasteiger partial charge in [-0.3, -0.25) is 4.79 Å². The maximum absolute atomic E-state index is 13.1. The summed E-state index contributed by atoms with van der Waals surface area (Å²) in [7, 11) is 0. The molecule has 1 saturated heterocycles. The van der Waals surface area contributed by atoms with Gasteiger partial charge in [-0.05, 0) is 83.5 Å². The highest BCUT2D eigenvalue weighted by Crippen LogP contribution is 2.23. The lowest BCUT2D eigenvalue weighted by molar-refractivity contribution is -0.303. The molecule has 0 aromatic rings. The maximum atomic E-state index is 13.1. The number of allylic oxidation sites excluding steroid dienone is 8. The van der Waals surface area contributed by atoms with Gasteiger partial charge in [0.2, 0.25) is 5.91 Å². The molecule has 8 N–H and O–H groups in total. The predicted octanol–water partition coefficient (Wildman–Crippen LogP) is 10.1. The van der Waals surface area contributed by atoms with E-state index in [9.17, 15) is 40.5 Å². The van der Waals surface area contributed by atoms with Crippen molar-refractivity contribution in [1.82, 2.24) is 5.32 Å². The predicted molar refractivity (Wildman–Crippen MR) is 265 cm³/mol. The van der Waals surface area contributed by atoms with Crippen molar-refractivity contribution in [3.63, 3.8) is 0 Å². The van der Waals surface area contributed by atoms with Crippen LogP contribution in [0.15, 0.2) is 48.6 Å². The summed E-state index contributed by atoms with van der Waals surface area (Å²) in [5.74, 6) is -0.716. The summed E-state index contributed by atoms with van der Waals surface area (Å²) in [6.07, 6.45) is 41.6. The average molecular weight is 922 g/mol. The summed E-state index contributed by atoms with van der Waals surface area (Å²) in [6.45, 7) is 3.41. The number of hydrogen-bond donors (Lipinski definition) is 8. The van der Waals surface area contributed by atoms with E-state index < -0.39 is 74.2 Å². The SMILES string of the molecule is CCCCCCC/C=C/CC/C=C/CCCC(O)C(O)C(COC1OC(CO)C(O)C(O)C1O)NC(=O)C(O)CCCCCCCCCC/C=C\C/C=C\CCCCCCCCCCC. The van der Waals surface area contributed by atoms with Crippen LogP contribution in [0.1, 0.15) is 219 Å². The molecule has 9 atom stereocenters. The lowest BCUT2D eigenvalue weighted by Gasteiger charge is -2.40. The van der Waals surface area contributed by atoms with Gasteiger partial charge in [-0.25, -0.2) is 0 Å². The van der Waals surface area contributed by atoms with Gasteiger partial charge in [0.05, 0.1) is 25.4 Å². The van der Waals surface area contributed by atoms with E-state index in [-0.39, 0.29) is 12.8 Å². The molecule has 1 heterocycles. The van der Waals surface area contributed by atoms with E-state index in [4.69, 9.17) is 9.47 Å². The molecule has 1 aliphatic rings. The third kappa shape index (κ3) is 32.5. The third-order valence-electron chi connectivity index (χ3n) is 12.6. The number of carbonyl (C=O) groups is 1. The maximum Gasteiger partial charge on any atom is 0.249 e. The van der Waals surface area contributed by atoms with E-state index in [1.54, 1.807) is 0 Å². The largest absolute Gasteiger partial charge is 0.394 e. The Balaban J connectivity index is 2.37. The molecule has 0 aliphatic carbocycles. The van der Waals surface area contributed by atoms with Crippen LogP contribution in [-0.4, -0.2) is 110 Å². The quantitative estimate of drug-likeness (QED) is 0.0216. The Morgan fingerprint density at radius 3 is 1.46 bits per heavy atom. The zero-order chi connectivity index (χ0) is 47.6. The van der Waals surface area contributed by atoms with Crippen LogP contribution >= 0.6 is 0 Å². The highest BCUT2D eigenvalue weighted by molar-refractivity contribution is 5.80. The number of aliphatic hydroxyl groups is 7. The Hall–Kier alpha value is -1.93. The molecule has 0 aromatic heterocycles. The molecule has 0 aromatic carbocycles. The van der Waals surface area contributed by atoms with Gasteiger partial charge in [-0.15, -0.1) is 0 Å². The Morgan fingerprint density at radius 1 is 0.538 bits per heavy atom.